The fraction of sp³-hybridized carbons (Fsp3) is 0. The number of rotatable bonds is 0. The van der Waals surface area contributed by atoms with Gasteiger partial charge in [0.2, 0.25) is 0 Å². The summed E-state index contributed by atoms with van der Waals surface area (Å²) < 4.78 is 0. The summed E-state index contributed by atoms with van der Waals surface area (Å²) in [7, 11) is 0. The molecule has 0 atom stereocenters. The van der Waals surface area contributed by atoms with Crippen molar-refractivity contribution < 1.29 is 52.8 Å². The fourth-order valence-corrected chi connectivity index (χ4v) is 0.253. The van der Waals surface area contributed by atoms with Gasteiger partial charge in [0.25, 0.3) is 0 Å². The molecule has 0 aromatic carbocycles. The molecule has 1 heterocycles. The Morgan fingerprint density at radius 1 is 1.00 bits per heavy atom. The van der Waals surface area contributed by atoms with Crippen LogP contribution in [-0.2, 0) is 0 Å². The van der Waals surface area contributed by atoms with Crippen LogP contribution in [0.2, 0.25) is 0 Å². The molecule has 0 unspecified atom stereocenters. The van der Waals surface area contributed by atoms with Gasteiger partial charge in [-0.05, 0) is 12.1 Å². The first kappa shape index (κ1) is 7.72. The normalized spacial score (nSPS) is 6.86. The van der Waals surface area contributed by atoms with E-state index in [1.165, 1.54) is 0 Å². The second-order valence-corrected chi connectivity index (χ2v) is 0.914. The summed E-state index contributed by atoms with van der Waals surface area (Å²) in [6.45, 7) is 0. The van der Waals surface area contributed by atoms with Crippen molar-refractivity contribution in [2.45, 2.75) is 0 Å². The topological polar surface area (TPSA) is 25.8 Å². The zero-order valence-electron chi connectivity index (χ0n) is 5.20. The fourth-order valence-electron chi connectivity index (χ4n) is 0.253. The third-order valence-electron chi connectivity index (χ3n) is 0.483. The minimum Gasteiger partial charge on any atom is -1.00 e. The van der Waals surface area contributed by atoms with Gasteiger partial charge in [-0.1, -0.05) is 0 Å². The maximum atomic E-state index is 3.53. The Labute approximate surface area is 86.2 Å². The molecule has 0 aliphatic carbocycles. The number of hydrogen-bond acceptors (Lipinski definition) is 2. The van der Waals surface area contributed by atoms with E-state index in [1.54, 1.807) is 12.4 Å². The standard InChI is InChI=1S/C4H4N2.K.H/c1-2-4-6-5-3-1;;/h1-4H;;/q;+1;-1. The summed E-state index contributed by atoms with van der Waals surface area (Å²) in [5, 5.41) is 7.07. The third-order valence-corrected chi connectivity index (χ3v) is 0.483. The van der Waals surface area contributed by atoms with E-state index < -0.39 is 0 Å². The predicted octanol–water partition coefficient (Wildman–Crippen LogP) is -2.41. The number of nitrogens with zero attached hydrogens (tertiary/aromatic N) is 2. The Kier molecular flexibility index (Phi) is 5.36. The van der Waals surface area contributed by atoms with Gasteiger partial charge in [-0.15, -0.1) is 0 Å². The largest absolute Gasteiger partial charge is 1.00 e. The summed E-state index contributed by atoms with van der Waals surface area (Å²) >= 11 is 0. The molecule has 0 bridgehead atoms. The molecular weight excluding hydrogens is 115 g/mol. The molecule has 2 nitrogen and oxygen atoms in total. The second kappa shape index (κ2) is 4.87. The minimum absolute atomic E-state index is 0. The Morgan fingerprint density at radius 3 is 1.57 bits per heavy atom. The smallest absolute Gasteiger partial charge is 1.00 e. The van der Waals surface area contributed by atoms with Crippen LogP contribution in [0.15, 0.2) is 24.5 Å². The van der Waals surface area contributed by atoms with Crippen molar-refractivity contribution in [1.29, 1.82) is 0 Å². The van der Waals surface area contributed by atoms with Gasteiger partial charge < -0.3 is 1.43 Å². The maximum Gasteiger partial charge on any atom is 1.00 e. The van der Waals surface area contributed by atoms with E-state index in [4.69, 9.17) is 0 Å². The van der Waals surface area contributed by atoms with E-state index in [9.17, 15) is 0 Å². The van der Waals surface area contributed by atoms with Gasteiger partial charge in [-0.3, -0.25) is 0 Å². The van der Waals surface area contributed by atoms with Gasteiger partial charge in [0.05, 0.1) is 0 Å². The Balaban J connectivity index is 0. The molecule has 7 heavy (non-hydrogen) atoms. The monoisotopic (exact) mass is 120 g/mol. The van der Waals surface area contributed by atoms with E-state index in [0.29, 0.717) is 0 Å². The summed E-state index contributed by atoms with van der Waals surface area (Å²) in [4.78, 5) is 0. The predicted molar refractivity (Wildman–Crippen MR) is 23.1 cm³/mol. The first-order chi connectivity index (χ1) is 3.00. The van der Waals surface area contributed by atoms with Crippen LogP contribution >= 0.6 is 0 Å². The van der Waals surface area contributed by atoms with Crippen molar-refractivity contribution in [2.75, 3.05) is 0 Å². The quantitative estimate of drug-likeness (QED) is 0.356. The van der Waals surface area contributed by atoms with Crippen LogP contribution in [0.5, 0.6) is 0 Å². The van der Waals surface area contributed by atoms with Gasteiger partial charge >= 0.3 is 51.4 Å². The number of aromatic nitrogens is 2. The van der Waals surface area contributed by atoms with Gasteiger partial charge in [-0.2, -0.15) is 10.2 Å². The van der Waals surface area contributed by atoms with Gasteiger partial charge in [-0.25, -0.2) is 0 Å². The maximum absolute atomic E-state index is 3.53. The van der Waals surface area contributed by atoms with Crippen molar-refractivity contribution in [2.24, 2.45) is 0 Å². The Bertz CT molecular complexity index is 86.0. The summed E-state index contributed by atoms with van der Waals surface area (Å²) in [5.74, 6) is 0. The molecule has 32 valence electrons. The summed E-state index contributed by atoms with van der Waals surface area (Å²) in [5.41, 5.74) is 0. The van der Waals surface area contributed by atoms with Crippen LogP contribution < -0.4 is 51.4 Å². The van der Waals surface area contributed by atoms with Crippen molar-refractivity contribution in [1.82, 2.24) is 10.2 Å². The average Bonchev–Trinajstić information content (AvgIpc) is 1.72. The van der Waals surface area contributed by atoms with E-state index in [-0.39, 0.29) is 52.8 Å². The molecule has 0 saturated carbocycles. The van der Waals surface area contributed by atoms with Crippen LogP contribution in [-0.4, -0.2) is 10.2 Å². The van der Waals surface area contributed by atoms with Crippen molar-refractivity contribution in [3.05, 3.63) is 24.5 Å². The first-order valence-corrected chi connectivity index (χ1v) is 1.72. The van der Waals surface area contributed by atoms with Gasteiger partial charge in [0.1, 0.15) is 0 Å². The molecule has 0 aliphatic heterocycles. The van der Waals surface area contributed by atoms with Crippen molar-refractivity contribution in [3.8, 4) is 0 Å². The Morgan fingerprint density at radius 2 is 1.43 bits per heavy atom. The molecule has 0 aliphatic rings. The Hall–Kier alpha value is 0.716. The first-order valence-electron chi connectivity index (χ1n) is 1.72. The molecule has 1 aromatic rings. The molecule has 0 fully saturated rings. The summed E-state index contributed by atoms with van der Waals surface area (Å²) in [6, 6.07) is 3.65. The van der Waals surface area contributed by atoms with Gasteiger partial charge in [0.15, 0.2) is 0 Å². The SMILES string of the molecule is [H-].[K+].c1ccnnc1. The third kappa shape index (κ3) is 3.31. The zero-order valence-corrected chi connectivity index (χ0v) is 7.33. The van der Waals surface area contributed by atoms with Crippen molar-refractivity contribution in [3.63, 3.8) is 0 Å². The van der Waals surface area contributed by atoms with Crippen LogP contribution in [0.4, 0.5) is 0 Å². The minimum atomic E-state index is 0. The summed E-state index contributed by atoms with van der Waals surface area (Å²) in [6.07, 6.45) is 3.28. The van der Waals surface area contributed by atoms with Crippen LogP contribution in [0.1, 0.15) is 1.43 Å². The van der Waals surface area contributed by atoms with Crippen molar-refractivity contribution >= 4 is 0 Å². The molecule has 0 N–H and O–H groups in total. The average molecular weight is 120 g/mol. The molecule has 0 spiro atoms. The van der Waals surface area contributed by atoms with Gasteiger partial charge in [0, 0.05) is 12.4 Å². The van der Waals surface area contributed by atoms with E-state index in [0.717, 1.165) is 0 Å². The van der Waals surface area contributed by atoms with E-state index in [1.807, 2.05) is 12.1 Å². The molecule has 0 saturated heterocycles. The second-order valence-electron chi connectivity index (χ2n) is 0.914. The molecular formula is C4H5KN2. The van der Waals surface area contributed by atoms with Crippen LogP contribution in [0.25, 0.3) is 0 Å². The zero-order chi connectivity index (χ0) is 4.24. The van der Waals surface area contributed by atoms with E-state index in [2.05, 4.69) is 10.2 Å². The number of hydrogen-bond donors (Lipinski definition) is 0. The molecule has 0 amide bonds. The molecule has 1 aromatic heterocycles. The van der Waals surface area contributed by atoms with Crippen LogP contribution in [0, 0.1) is 0 Å². The van der Waals surface area contributed by atoms with E-state index >= 15 is 0 Å². The molecule has 0 radical (unpaired) electrons. The molecule has 3 heteroatoms. The molecule has 1 rings (SSSR count). The van der Waals surface area contributed by atoms with Crippen LogP contribution in [0.3, 0.4) is 0 Å².